The van der Waals surface area contributed by atoms with Gasteiger partial charge < -0.3 is 15.0 Å². The molecule has 4 nitrogen and oxygen atoms in total. The molecule has 0 saturated carbocycles. The van der Waals surface area contributed by atoms with Gasteiger partial charge in [0.1, 0.15) is 6.10 Å². The Balaban J connectivity index is 1.72. The van der Waals surface area contributed by atoms with Crippen LogP contribution in [0.25, 0.3) is 0 Å². The highest BCUT2D eigenvalue weighted by Crippen LogP contribution is 2.30. The second kappa shape index (κ2) is 4.58. The molecule has 1 amide bonds. The van der Waals surface area contributed by atoms with Crippen LogP contribution >= 0.6 is 0 Å². The van der Waals surface area contributed by atoms with Crippen LogP contribution in [0.15, 0.2) is 0 Å². The van der Waals surface area contributed by atoms with Crippen molar-refractivity contribution in [2.24, 2.45) is 11.8 Å². The number of fused-ring (bicyclic) bond motifs is 1. The monoisotopic (exact) mass is 238 g/mol. The smallest absolute Gasteiger partial charge is 0.252 e. The lowest BCUT2D eigenvalue weighted by atomic mass is 9.91. The quantitative estimate of drug-likeness (QED) is 0.728. The van der Waals surface area contributed by atoms with E-state index in [9.17, 15) is 4.79 Å². The number of carbonyl (C=O) groups excluding carboxylic acids is 1. The molecular weight excluding hydrogens is 216 g/mol. The summed E-state index contributed by atoms with van der Waals surface area (Å²) in [5.41, 5.74) is 0. The van der Waals surface area contributed by atoms with Gasteiger partial charge in [0.25, 0.3) is 5.91 Å². The minimum Gasteiger partial charge on any atom is -0.368 e. The zero-order valence-electron chi connectivity index (χ0n) is 10.5. The molecule has 4 atom stereocenters. The van der Waals surface area contributed by atoms with Gasteiger partial charge in [-0.25, -0.2) is 0 Å². The molecule has 0 spiro atoms. The molecule has 0 radical (unpaired) electrons. The van der Waals surface area contributed by atoms with E-state index in [2.05, 4.69) is 17.1 Å². The highest BCUT2D eigenvalue weighted by Gasteiger charge is 2.42. The Hall–Kier alpha value is -0.610. The molecule has 3 aliphatic rings. The molecule has 0 aromatic rings. The molecule has 0 aromatic carbocycles. The van der Waals surface area contributed by atoms with Crippen LogP contribution in [0.2, 0.25) is 0 Å². The average Bonchev–Trinajstić information content (AvgIpc) is 2.95. The zero-order valence-corrected chi connectivity index (χ0v) is 10.5. The summed E-state index contributed by atoms with van der Waals surface area (Å²) in [5.74, 6) is 1.30. The van der Waals surface area contributed by atoms with Gasteiger partial charge in [-0.15, -0.1) is 0 Å². The Morgan fingerprint density at radius 1 is 1.35 bits per heavy atom. The second-order valence-electron chi connectivity index (χ2n) is 5.72. The van der Waals surface area contributed by atoms with E-state index in [1.165, 1.54) is 6.42 Å². The van der Waals surface area contributed by atoms with Gasteiger partial charge in [-0.2, -0.15) is 0 Å². The topological polar surface area (TPSA) is 41.6 Å². The van der Waals surface area contributed by atoms with E-state index in [0.717, 1.165) is 39.1 Å². The van der Waals surface area contributed by atoms with E-state index in [1.54, 1.807) is 0 Å². The van der Waals surface area contributed by atoms with Gasteiger partial charge in [0, 0.05) is 32.3 Å². The van der Waals surface area contributed by atoms with Crippen molar-refractivity contribution >= 4 is 5.91 Å². The predicted octanol–water partition coefficient (Wildman–Crippen LogP) is 0.622. The second-order valence-corrected chi connectivity index (χ2v) is 5.72. The average molecular weight is 238 g/mol. The van der Waals surface area contributed by atoms with Gasteiger partial charge in [0.05, 0.1) is 0 Å². The lowest BCUT2D eigenvalue weighted by molar-refractivity contribution is -0.146. The third kappa shape index (κ3) is 1.97. The number of carbonyl (C=O) groups is 1. The van der Waals surface area contributed by atoms with Crippen LogP contribution in [-0.2, 0) is 9.53 Å². The first-order chi connectivity index (χ1) is 8.27. The standard InChI is InChI=1S/C13H22N2O2/c1-9-4-6-17-12(9)13(16)15-5-2-3-10-7-14-8-11(10)15/h9-12,14H,2-8H2,1H3. The van der Waals surface area contributed by atoms with Crippen LogP contribution in [0.3, 0.4) is 0 Å². The van der Waals surface area contributed by atoms with Crippen molar-refractivity contribution in [3.63, 3.8) is 0 Å². The number of likely N-dealkylation sites (tertiary alicyclic amines) is 1. The van der Waals surface area contributed by atoms with Gasteiger partial charge in [0.15, 0.2) is 0 Å². The molecule has 3 heterocycles. The zero-order chi connectivity index (χ0) is 11.8. The molecule has 0 aromatic heterocycles. The molecule has 4 unspecified atom stereocenters. The van der Waals surface area contributed by atoms with Crippen molar-refractivity contribution < 1.29 is 9.53 Å². The summed E-state index contributed by atoms with van der Waals surface area (Å²) in [6, 6.07) is 0.424. The molecular formula is C13H22N2O2. The lowest BCUT2D eigenvalue weighted by Crippen LogP contribution is -2.52. The number of nitrogens with zero attached hydrogens (tertiary/aromatic N) is 1. The van der Waals surface area contributed by atoms with E-state index < -0.39 is 0 Å². The summed E-state index contributed by atoms with van der Waals surface area (Å²) >= 11 is 0. The summed E-state index contributed by atoms with van der Waals surface area (Å²) in [5, 5.41) is 3.42. The fraction of sp³-hybridized carbons (Fsp3) is 0.923. The first-order valence-electron chi connectivity index (χ1n) is 6.90. The first-order valence-corrected chi connectivity index (χ1v) is 6.90. The third-order valence-electron chi connectivity index (χ3n) is 4.59. The van der Waals surface area contributed by atoms with Gasteiger partial charge in [-0.3, -0.25) is 4.79 Å². The van der Waals surface area contributed by atoms with E-state index in [0.29, 0.717) is 17.9 Å². The number of rotatable bonds is 1. The van der Waals surface area contributed by atoms with Crippen LogP contribution in [0.4, 0.5) is 0 Å². The molecule has 1 N–H and O–H groups in total. The van der Waals surface area contributed by atoms with Crippen LogP contribution in [0, 0.1) is 11.8 Å². The van der Waals surface area contributed by atoms with E-state index in [4.69, 9.17) is 4.74 Å². The van der Waals surface area contributed by atoms with Crippen LogP contribution in [0.1, 0.15) is 26.2 Å². The molecule has 17 heavy (non-hydrogen) atoms. The molecule has 3 saturated heterocycles. The van der Waals surface area contributed by atoms with E-state index in [1.807, 2.05) is 0 Å². The third-order valence-corrected chi connectivity index (χ3v) is 4.59. The highest BCUT2D eigenvalue weighted by atomic mass is 16.5. The van der Waals surface area contributed by atoms with Crippen LogP contribution in [-0.4, -0.2) is 49.2 Å². The van der Waals surface area contributed by atoms with E-state index >= 15 is 0 Å². The minimum atomic E-state index is -0.172. The lowest BCUT2D eigenvalue weighted by Gasteiger charge is -2.38. The molecule has 96 valence electrons. The van der Waals surface area contributed by atoms with Crippen molar-refractivity contribution in [3.05, 3.63) is 0 Å². The predicted molar refractivity (Wildman–Crippen MR) is 64.6 cm³/mol. The van der Waals surface area contributed by atoms with Crippen LogP contribution in [0.5, 0.6) is 0 Å². The Kier molecular flexibility index (Phi) is 3.09. The Labute approximate surface area is 103 Å². The van der Waals surface area contributed by atoms with Gasteiger partial charge in [-0.1, -0.05) is 6.92 Å². The minimum absolute atomic E-state index is 0.172. The van der Waals surface area contributed by atoms with Gasteiger partial charge >= 0.3 is 0 Å². The summed E-state index contributed by atoms with van der Waals surface area (Å²) in [7, 11) is 0. The van der Waals surface area contributed by atoms with Crippen molar-refractivity contribution in [1.82, 2.24) is 10.2 Å². The van der Waals surface area contributed by atoms with Crippen molar-refractivity contribution in [2.75, 3.05) is 26.2 Å². The number of amides is 1. The Morgan fingerprint density at radius 2 is 2.24 bits per heavy atom. The number of hydrogen-bond donors (Lipinski definition) is 1. The van der Waals surface area contributed by atoms with Crippen molar-refractivity contribution in [2.45, 2.75) is 38.3 Å². The molecule has 0 aliphatic carbocycles. The maximum absolute atomic E-state index is 12.5. The summed E-state index contributed by atoms with van der Waals surface area (Å²) in [4.78, 5) is 14.6. The van der Waals surface area contributed by atoms with Gasteiger partial charge in [-0.05, 0) is 31.1 Å². The maximum Gasteiger partial charge on any atom is 0.252 e. The Bertz CT molecular complexity index is 308. The summed E-state index contributed by atoms with van der Waals surface area (Å²) in [6.45, 7) is 5.85. The van der Waals surface area contributed by atoms with Crippen molar-refractivity contribution in [3.8, 4) is 0 Å². The fourth-order valence-corrected chi connectivity index (χ4v) is 3.52. The Morgan fingerprint density at radius 3 is 3.00 bits per heavy atom. The van der Waals surface area contributed by atoms with E-state index in [-0.39, 0.29) is 12.0 Å². The number of ether oxygens (including phenoxy) is 1. The van der Waals surface area contributed by atoms with Gasteiger partial charge in [0.2, 0.25) is 0 Å². The SMILES string of the molecule is CC1CCOC1C(=O)N1CCCC2CNCC21. The number of hydrogen-bond acceptors (Lipinski definition) is 3. The largest absolute Gasteiger partial charge is 0.368 e. The molecule has 3 rings (SSSR count). The molecule has 4 heteroatoms. The fourth-order valence-electron chi connectivity index (χ4n) is 3.52. The number of nitrogens with one attached hydrogen (secondary N) is 1. The maximum atomic E-state index is 12.5. The number of piperidine rings is 1. The summed E-state index contributed by atoms with van der Waals surface area (Å²) < 4.78 is 5.62. The summed E-state index contributed by atoms with van der Waals surface area (Å²) in [6.07, 6.45) is 3.27. The molecule has 3 aliphatic heterocycles. The first kappa shape index (κ1) is 11.5. The molecule has 0 bridgehead atoms. The molecule has 3 fully saturated rings. The van der Waals surface area contributed by atoms with Crippen molar-refractivity contribution in [1.29, 1.82) is 0 Å². The van der Waals surface area contributed by atoms with Crippen LogP contribution < -0.4 is 5.32 Å². The highest BCUT2D eigenvalue weighted by molar-refractivity contribution is 5.82. The normalized spacial score (nSPS) is 41.6.